The van der Waals surface area contributed by atoms with Crippen molar-refractivity contribution in [2.45, 2.75) is 6.92 Å². The van der Waals surface area contributed by atoms with Crippen molar-refractivity contribution < 1.29 is 4.74 Å². The van der Waals surface area contributed by atoms with Crippen molar-refractivity contribution in [2.75, 3.05) is 37.5 Å². The number of pyridine rings is 2. The number of benzene rings is 1. The van der Waals surface area contributed by atoms with Gasteiger partial charge in [0.15, 0.2) is 5.82 Å². The van der Waals surface area contributed by atoms with Gasteiger partial charge in [0.05, 0.1) is 12.1 Å². The van der Waals surface area contributed by atoms with E-state index in [4.69, 9.17) is 9.72 Å². The summed E-state index contributed by atoms with van der Waals surface area (Å²) in [6.45, 7) is 3.46. The standard InChI is InChI=1S/C20H22N6O/c1-13-11-14-12-15(23-19-18-17(24-25-19)5-4-8-21-18)6-7-16(14)20(22-13)26(2)9-10-27-3/h4-8,11-12H,9-10H2,1-3H3,(H2,23,24,25). The second-order valence-electron chi connectivity index (χ2n) is 6.53. The molecule has 7 heteroatoms. The highest BCUT2D eigenvalue weighted by Crippen LogP contribution is 2.29. The van der Waals surface area contributed by atoms with Gasteiger partial charge in [0.25, 0.3) is 0 Å². The molecule has 2 N–H and O–H groups in total. The average molecular weight is 362 g/mol. The molecule has 0 saturated heterocycles. The first-order valence-corrected chi connectivity index (χ1v) is 8.83. The molecule has 0 aliphatic heterocycles. The highest BCUT2D eigenvalue weighted by atomic mass is 16.5. The summed E-state index contributed by atoms with van der Waals surface area (Å²) in [6, 6.07) is 12.2. The number of anilines is 3. The molecule has 0 unspecified atom stereocenters. The molecule has 0 aliphatic carbocycles. The van der Waals surface area contributed by atoms with Crippen LogP contribution in [0.1, 0.15) is 5.69 Å². The maximum absolute atomic E-state index is 5.19. The quantitative estimate of drug-likeness (QED) is 0.545. The molecule has 0 amide bonds. The summed E-state index contributed by atoms with van der Waals surface area (Å²) in [5.41, 5.74) is 3.66. The van der Waals surface area contributed by atoms with Gasteiger partial charge in [-0.2, -0.15) is 5.10 Å². The lowest BCUT2D eigenvalue weighted by atomic mass is 10.1. The van der Waals surface area contributed by atoms with Gasteiger partial charge < -0.3 is 15.0 Å². The first-order valence-electron chi connectivity index (χ1n) is 8.83. The van der Waals surface area contributed by atoms with E-state index in [1.807, 2.05) is 32.2 Å². The van der Waals surface area contributed by atoms with Crippen LogP contribution in [0.4, 0.5) is 17.3 Å². The SMILES string of the molecule is COCCN(C)c1nc(C)cc2cc(Nc3n[nH]c4cccnc34)ccc12. The van der Waals surface area contributed by atoms with E-state index in [2.05, 4.69) is 43.6 Å². The minimum absolute atomic E-state index is 0.659. The smallest absolute Gasteiger partial charge is 0.178 e. The number of hydrogen-bond acceptors (Lipinski definition) is 6. The van der Waals surface area contributed by atoms with E-state index in [-0.39, 0.29) is 0 Å². The Bertz CT molecular complexity index is 1090. The Morgan fingerprint density at radius 2 is 2.11 bits per heavy atom. The maximum Gasteiger partial charge on any atom is 0.178 e. The summed E-state index contributed by atoms with van der Waals surface area (Å²) in [5, 5.41) is 12.9. The molecule has 3 heterocycles. The van der Waals surface area contributed by atoms with Crippen molar-refractivity contribution in [3.63, 3.8) is 0 Å². The first-order chi connectivity index (χ1) is 13.2. The third kappa shape index (κ3) is 3.41. The van der Waals surface area contributed by atoms with Crippen LogP contribution in [0.25, 0.3) is 21.8 Å². The van der Waals surface area contributed by atoms with Crippen molar-refractivity contribution in [1.82, 2.24) is 20.2 Å². The number of aromatic nitrogens is 4. The maximum atomic E-state index is 5.19. The molecule has 1 aromatic carbocycles. The molecular formula is C20H22N6O. The van der Waals surface area contributed by atoms with E-state index < -0.39 is 0 Å². The van der Waals surface area contributed by atoms with Gasteiger partial charge in [-0.05, 0) is 48.7 Å². The van der Waals surface area contributed by atoms with E-state index in [9.17, 15) is 0 Å². The number of H-pyrrole nitrogens is 1. The Labute approximate surface area is 157 Å². The molecule has 4 aromatic rings. The number of rotatable bonds is 6. The number of hydrogen-bond donors (Lipinski definition) is 2. The Balaban J connectivity index is 1.70. The average Bonchev–Trinajstić information content (AvgIpc) is 3.08. The van der Waals surface area contributed by atoms with Crippen molar-refractivity contribution in [3.8, 4) is 0 Å². The Morgan fingerprint density at radius 1 is 1.22 bits per heavy atom. The Hall–Kier alpha value is -3.19. The molecule has 4 rings (SSSR count). The molecule has 7 nitrogen and oxygen atoms in total. The van der Waals surface area contributed by atoms with E-state index >= 15 is 0 Å². The summed E-state index contributed by atoms with van der Waals surface area (Å²) in [5.74, 6) is 1.67. The highest BCUT2D eigenvalue weighted by molar-refractivity contribution is 5.96. The van der Waals surface area contributed by atoms with E-state index in [1.54, 1.807) is 13.3 Å². The van der Waals surface area contributed by atoms with Gasteiger partial charge in [-0.25, -0.2) is 4.98 Å². The molecule has 0 atom stereocenters. The summed E-state index contributed by atoms with van der Waals surface area (Å²) >= 11 is 0. The van der Waals surface area contributed by atoms with Gasteiger partial charge in [-0.15, -0.1) is 0 Å². The number of nitrogens with zero attached hydrogens (tertiary/aromatic N) is 4. The predicted molar refractivity (Wildman–Crippen MR) is 109 cm³/mol. The minimum Gasteiger partial charge on any atom is -0.383 e. The third-order valence-corrected chi connectivity index (χ3v) is 4.51. The number of aromatic amines is 1. The van der Waals surface area contributed by atoms with Crippen LogP contribution in [-0.2, 0) is 4.74 Å². The lowest BCUT2D eigenvalue weighted by molar-refractivity contribution is 0.206. The summed E-state index contributed by atoms with van der Waals surface area (Å²) in [7, 11) is 3.75. The van der Waals surface area contributed by atoms with Crippen LogP contribution in [-0.4, -0.2) is 47.5 Å². The fourth-order valence-corrected chi connectivity index (χ4v) is 3.15. The van der Waals surface area contributed by atoms with Crippen LogP contribution in [0.15, 0.2) is 42.6 Å². The van der Waals surface area contributed by atoms with Crippen molar-refractivity contribution in [1.29, 1.82) is 0 Å². The zero-order valence-corrected chi connectivity index (χ0v) is 15.7. The van der Waals surface area contributed by atoms with Gasteiger partial charge in [0.2, 0.25) is 0 Å². The van der Waals surface area contributed by atoms with Gasteiger partial charge in [0.1, 0.15) is 11.3 Å². The van der Waals surface area contributed by atoms with Crippen molar-refractivity contribution in [2.24, 2.45) is 0 Å². The second kappa shape index (κ2) is 7.20. The van der Waals surface area contributed by atoms with E-state index in [0.29, 0.717) is 12.4 Å². The lowest BCUT2D eigenvalue weighted by Crippen LogP contribution is -2.23. The van der Waals surface area contributed by atoms with Crippen LogP contribution in [0, 0.1) is 6.92 Å². The van der Waals surface area contributed by atoms with Crippen LogP contribution in [0.5, 0.6) is 0 Å². The number of fused-ring (bicyclic) bond motifs is 2. The second-order valence-corrected chi connectivity index (χ2v) is 6.53. The molecule has 0 radical (unpaired) electrons. The summed E-state index contributed by atoms with van der Waals surface area (Å²) in [4.78, 5) is 11.2. The summed E-state index contributed by atoms with van der Waals surface area (Å²) in [6.07, 6.45) is 1.76. The van der Waals surface area contributed by atoms with Gasteiger partial charge in [0, 0.05) is 43.7 Å². The van der Waals surface area contributed by atoms with E-state index in [0.717, 1.165) is 45.5 Å². The molecule has 0 aliphatic rings. The Kier molecular flexibility index (Phi) is 4.60. The molecule has 0 spiro atoms. The number of ether oxygens (including phenoxy) is 1. The number of nitrogens with one attached hydrogen (secondary N) is 2. The molecule has 0 fully saturated rings. The van der Waals surface area contributed by atoms with Crippen molar-refractivity contribution >= 4 is 39.1 Å². The molecule has 3 aromatic heterocycles. The molecule has 0 saturated carbocycles. The molecule has 138 valence electrons. The zero-order valence-electron chi connectivity index (χ0n) is 15.7. The Morgan fingerprint density at radius 3 is 2.96 bits per heavy atom. The van der Waals surface area contributed by atoms with Crippen LogP contribution >= 0.6 is 0 Å². The fourth-order valence-electron chi connectivity index (χ4n) is 3.15. The molecule has 0 bridgehead atoms. The minimum atomic E-state index is 0.659. The van der Waals surface area contributed by atoms with Crippen molar-refractivity contribution in [3.05, 3.63) is 48.3 Å². The van der Waals surface area contributed by atoms with E-state index in [1.165, 1.54) is 0 Å². The number of methoxy groups -OCH3 is 1. The first kappa shape index (κ1) is 17.2. The zero-order chi connectivity index (χ0) is 18.8. The topological polar surface area (TPSA) is 79.0 Å². The number of aryl methyl sites for hydroxylation is 1. The predicted octanol–water partition coefficient (Wildman–Crippen LogP) is 3.64. The number of likely N-dealkylation sites (N-methyl/N-ethyl adjacent to an activating group) is 1. The molecule has 27 heavy (non-hydrogen) atoms. The normalized spacial score (nSPS) is 11.2. The van der Waals surface area contributed by atoms with Gasteiger partial charge in [-0.3, -0.25) is 10.1 Å². The van der Waals surface area contributed by atoms with Crippen LogP contribution in [0.3, 0.4) is 0 Å². The third-order valence-electron chi connectivity index (χ3n) is 4.51. The highest BCUT2D eigenvalue weighted by Gasteiger charge is 2.11. The largest absolute Gasteiger partial charge is 0.383 e. The molecular weight excluding hydrogens is 340 g/mol. The fraction of sp³-hybridized carbons (Fsp3) is 0.250. The van der Waals surface area contributed by atoms with Gasteiger partial charge >= 0.3 is 0 Å². The van der Waals surface area contributed by atoms with Gasteiger partial charge in [-0.1, -0.05) is 0 Å². The van der Waals surface area contributed by atoms with Crippen LogP contribution in [0.2, 0.25) is 0 Å². The van der Waals surface area contributed by atoms with Crippen LogP contribution < -0.4 is 10.2 Å². The lowest BCUT2D eigenvalue weighted by Gasteiger charge is -2.20. The summed E-state index contributed by atoms with van der Waals surface area (Å²) < 4.78 is 5.19. The monoisotopic (exact) mass is 362 g/mol.